The molecular formula is C12H13NO3S. The Kier molecular flexibility index (Phi) is 3.28. The Balaban J connectivity index is 2.60. The van der Waals surface area contributed by atoms with Crippen molar-refractivity contribution < 1.29 is 14.3 Å². The number of aromatic nitrogens is 1. The summed E-state index contributed by atoms with van der Waals surface area (Å²) in [6.45, 7) is 3.84. The van der Waals surface area contributed by atoms with Crippen molar-refractivity contribution in [1.82, 2.24) is 4.98 Å². The van der Waals surface area contributed by atoms with Crippen molar-refractivity contribution in [1.29, 1.82) is 0 Å². The highest BCUT2D eigenvalue weighted by atomic mass is 32.1. The van der Waals surface area contributed by atoms with Gasteiger partial charge in [0.15, 0.2) is 10.6 Å². The second-order valence-corrected chi connectivity index (χ2v) is 4.77. The maximum absolute atomic E-state index is 11.7. The Morgan fingerprint density at radius 2 is 2.24 bits per heavy atom. The van der Waals surface area contributed by atoms with Gasteiger partial charge in [0.2, 0.25) is 0 Å². The van der Waals surface area contributed by atoms with E-state index in [4.69, 9.17) is 9.47 Å². The third kappa shape index (κ3) is 2.24. The normalized spacial score (nSPS) is 10.8. The molecular weight excluding hydrogens is 238 g/mol. The van der Waals surface area contributed by atoms with Crippen LogP contribution in [-0.4, -0.2) is 24.2 Å². The fraction of sp³-hybridized carbons (Fsp3) is 0.333. The van der Waals surface area contributed by atoms with Crippen molar-refractivity contribution in [2.24, 2.45) is 0 Å². The predicted octanol–water partition coefficient (Wildman–Crippen LogP) is 2.87. The highest BCUT2D eigenvalue weighted by Gasteiger charge is 2.21. The molecule has 0 saturated heterocycles. The first-order valence-electron chi connectivity index (χ1n) is 5.26. The molecule has 2 rings (SSSR count). The molecule has 2 aromatic rings. The summed E-state index contributed by atoms with van der Waals surface area (Å²) in [7, 11) is 1.36. The Bertz CT molecular complexity index is 548. The van der Waals surface area contributed by atoms with Gasteiger partial charge < -0.3 is 9.47 Å². The zero-order valence-corrected chi connectivity index (χ0v) is 10.7. The number of hydrogen-bond donors (Lipinski definition) is 0. The molecule has 0 aliphatic carbocycles. The maximum atomic E-state index is 11.7. The lowest BCUT2D eigenvalue weighted by atomic mass is 10.3. The van der Waals surface area contributed by atoms with Gasteiger partial charge in [-0.05, 0) is 26.0 Å². The minimum absolute atomic E-state index is 0.00332. The second kappa shape index (κ2) is 4.71. The summed E-state index contributed by atoms with van der Waals surface area (Å²) < 4.78 is 10.4. The number of nitrogens with zero attached hydrogens (tertiary/aromatic N) is 1. The molecule has 0 amide bonds. The minimum Gasteiger partial charge on any atom is -0.488 e. The van der Waals surface area contributed by atoms with Gasteiger partial charge in [-0.15, -0.1) is 11.3 Å². The molecule has 2 aromatic heterocycles. The van der Waals surface area contributed by atoms with E-state index in [2.05, 4.69) is 4.98 Å². The summed E-state index contributed by atoms with van der Waals surface area (Å²) >= 11 is 1.29. The molecule has 5 heteroatoms. The molecule has 4 nitrogen and oxygen atoms in total. The van der Waals surface area contributed by atoms with Gasteiger partial charge in [-0.2, -0.15) is 0 Å². The SMILES string of the molecule is COC(=O)c1sc2ncccc2c1OC(C)C. The molecule has 0 aliphatic heterocycles. The van der Waals surface area contributed by atoms with Gasteiger partial charge in [0.05, 0.1) is 18.6 Å². The van der Waals surface area contributed by atoms with E-state index >= 15 is 0 Å². The van der Waals surface area contributed by atoms with Crippen LogP contribution in [0, 0.1) is 0 Å². The number of rotatable bonds is 3. The van der Waals surface area contributed by atoms with Gasteiger partial charge >= 0.3 is 5.97 Å². The Hall–Kier alpha value is -1.62. The van der Waals surface area contributed by atoms with Gasteiger partial charge in [-0.1, -0.05) is 0 Å². The molecule has 0 unspecified atom stereocenters. The van der Waals surface area contributed by atoms with Crippen molar-refractivity contribution in [3.05, 3.63) is 23.2 Å². The van der Waals surface area contributed by atoms with Gasteiger partial charge in [0.25, 0.3) is 0 Å². The van der Waals surface area contributed by atoms with Gasteiger partial charge in [-0.3, -0.25) is 0 Å². The molecule has 0 saturated carbocycles. The summed E-state index contributed by atoms with van der Waals surface area (Å²) in [4.78, 5) is 17.1. The molecule has 2 heterocycles. The Labute approximate surface area is 103 Å². The largest absolute Gasteiger partial charge is 0.488 e. The van der Waals surface area contributed by atoms with E-state index in [-0.39, 0.29) is 12.1 Å². The lowest BCUT2D eigenvalue weighted by Crippen LogP contribution is -2.09. The van der Waals surface area contributed by atoms with Crippen LogP contribution in [0.2, 0.25) is 0 Å². The Morgan fingerprint density at radius 1 is 1.47 bits per heavy atom. The molecule has 0 aliphatic rings. The number of hydrogen-bond acceptors (Lipinski definition) is 5. The molecule has 0 spiro atoms. The van der Waals surface area contributed by atoms with E-state index < -0.39 is 0 Å². The maximum Gasteiger partial charge on any atom is 0.351 e. The zero-order valence-electron chi connectivity index (χ0n) is 9.89. The molecule has 0 N–H and O–H groups in total. The van der Waals surface area contributed by atoms with Crippen LogP contribution in [0.25, 0.3) is 10.2 Å². The summed E-state index contributed by atoms with van der Waals surface area (Å²) in [5.41, 5.74) is 0. The number of esters is 1. The fourth-order valence-electron chi connectivity index (χ4n) is 1.49. The van der Waals surface area contributed by atoms with Crippen LogP contribution >= 0.6 is 11.3 Å². The van der Waals surface area contributed by atoms with Gasteiger partial charge in [0.1, 0.15) is 4.83 Å². The lowest BCUT2D eigenvalue weighted by Gasteiger charge is -2.10. The van der Waals surface area contributed by atoms with Crippen molar-refractivity contribution in [2.75, 3.05) is 7.11 Å². The van der Waals surface area contributed by atoms with Crippen LogP contribution in [0.5, 0.6) is 5.75 Å². The predicted molar refractivity (Wildman–Crippen MR) is 66.7 cm³/mol. The van der Waals surface area contributed by atoms with Crippen molar-refractivity contribution in [3.63, 3.8) is 0 Å². The second-order valence-electron chi connectivity index (χ2n) is 3.77. The first-order chi connectivity index (χ1) is 8.13. The minimum atomic E-state index is -0.386. The monoisotopic (exact) mass is 251 g/mol. The van der Waals surface area contributed by atoms with Crippen LogP contribution in [0.4, 0.5) is 0 Å². The van der Waals surface area contributed by atoms with Crippen molar-refractivity contribution >= 4 is 27.5 Å². The van der Waals surface area contributed by atoms with Crippen molar-refractivity contribution in [2.45, 2.75) is 20.0 Å². The first kappa shape index (κ1) is 11.9. The lowest BCUT2D eigenvalue weighted by molar-refractivity contribution is 0.0601. The quantitative estimate of drug-likeness (QED) is 0.787. The molecule has 17 heavy (non-hydrogen) atoms. The summed E-state index contributed by atoms with van der Waals surface area (Å²) in [5.74, 6) is 0.184. The summed E-state index contributed by atoms with van der Waals surface area (Å²) in [6.07, 6.45) is 1.69. The number of methoxy groups -OCH3 is 1. The number of thiophene rings is 1. The van der Waals surface area contributed by atoms with Gasteiger partial charge in [-0.25, -0.2) is 9.78 Å². The number of ether oxygens (including phenoxy) is 2. The first-order valence-corrected chi connectivity index (χ1v) is 6.07. The topological polar surface area (TPSA) is 48.4 Å². The molecule has 90 valence electrons. The smallest absolute Gasteiger partial charge is 0.351 e. The molecule has 0 fully saturated rings. The van der Waals surface area contributed by atoms with Crippen LogP contribution in [0.15, 0.2) is 18.3 Å². The summed E-state index contributed by atoms with van der Waals surface area (Å²) in [5, 5.41) is 0.853. The average Bonchev–Trinajstić information content (AvgIpc) is 2.67. The van der Waals surface area contributed by atoms with Gasteiger partial charge in [0, 0.05) is 6.20 Å². The number of fused-ring (bicyclic) bond motifs is 1. The Morgan fingerprint density at radius 3 is 2.88 bits per heavy atom. The average molecular weight is 251 g/mol. The van der Waals surface area contributed by atoms with Crippen LogP contribution in [0.3, 0.4) is 0 Å². The van der Waals surface area contributed by atoms with E-state index in [1.54, 1.807) is 6.20 Å². The number of carbonyl (C=O) groups is 1. The molecule has 0 aromatic carbocycles. The third-order valence-corrected chi connectivity index (χ3v) is 3.22. The fourth-order valence-corrected chi connectivity index (χ4v) is 2.49. The van der Waals surface area contributed by atoms with Crippen LogP contribution in [-0.2, 0) is 4.74 Å². The standard InChI is InChI=1S/C12H13NO3S/c1-7(2)16-9-8-5-4-6-13-11(8)17-10(9)12(14)15-3/h4-7H,1-3H3. The third-order valence-electron chi connectivity index (χ3n) is 2.15. The molecule has 0 radical (unpaired) electrons. The van der Waals surface area contributed by atoms with E-state index in [9.17, 15) is 4.79 Å². The highest BCUT2D eigenvalue weighted by Crippen LogP contribution is 2.37. The van der Waals surface area contributed by atoms with Crippen LogP contribution < -0.4 is 4.74 Å². The van der Waals surface area contributed by atoms with Crippen LogP contribution in [0.1, 0.15) is 23.5 Å². The number of carbonyl (C=O) groups excluding carboxylic acids is 1. The van der Waals surface area contributed by atoms with Crippen molar-refractivity contribution in [3.8, 4) is 5.75 Å². The molecule has 0 atom stereocenters. The zero-order chi connectivity index (χ0) is 12.4. The van der Waals surface area contributed by atoms with E-state index in [1.165, 1.54) is 18.4 Å². The van der Waals surface area contributed by atoms with E-state index in [0.29, 0.717) is 10.6 Å². The van der Waals surface area contributed by atoms with E-state index in [0.717, 1.165) is 10.2 Å². The number of pyridine rings is 1. The highest BCUT2D eigenvalue weighted by molar-refractivity contribution is 7.20. The van der Waals surface area contributed by atoms with E-state index in [1.807, 2.05) is 26.0 Å². The summed E-state index contributed by atoms with van der Waals surface area (Å²) in [6, 6.07) is 3.71. The molecule has 0 bridgehead atoms.